The molecule has 1 aliphatic rings. The molecule has 0 heterocycles. The van der Waals surface area contributed by atoms with Gasteiger partial charge < -0.3 is 5.11 Å². The van der Waals surface area contributed by atoms with Crippen molar-refractivity contribution in [3.8, 4) is 0 Å². The highest BCUT2D eigenvalue weighted by molar-refractivity contribution is 6.37. The third-order valence-corrected chi connectivity index (χ3v) is 2.59. The van der Waals surface area contributed by atoms with Crippen molar-refractivity contribution >= 4 is 7.28 Å². The molecule has 0 amide bonds. The van der Waals surface area contributed by atoms with Gasteiger partial charge in [-0.15, -0.1) is 0 Å². The maximum absolute atomic E-state index is 9.13. The second-order valence-corrected chi connectivity index (χ2v) is 3.85. The summed E-state index contributed by atoms with van der Waals surface area (Å²) in [6.07, 6.45) is 2.10. The summed E-state index contributed by atoms with van der Waals surface area (Å²) >= 11 is 0. The molecule has 3 unspecified atom stereocenters. The summed E-state index contributed by atoms with van der Waals surface area (Å²) in [5, 5.41) is 9.13. The molecule has 0 aromatic heterocycles. The van der Waals surface area contributed by atoms with Gasteiger partial charge in [0.15, 0.2) is 0 Å². The molecule has 3 atom stereocenters. The lowest BCUT2D eigenvalue weighted by molar-refractivity contribution is 0.158. The summed E-state index contributed by atoms with van der Waals surface area (Å²) in [6, 6.07) is 0. The Labute approximate surface area is 64.1 Å². The fraction of sp³-hybridized carbons (Fsp3) is 1.00. The highest BCUT2D eigenvalue weighted by Crippen LogP contribution is 2.59. The molecule has 57 valence electrons. The van der Waals surface area contributed by atoms with Gasteiger partial charge in [0.2, 0.25) is 0 Å². The zero-order valence-electron chi connectivity index (χ0n) is 7.09. The molecule has 2 heteroatoms. The van der Waals surface area contributed by atoms with Gasteiger partial charge in [-0.3, -0.25) is 0 Å². The molecule has 1 N–H and O–H groups in total. The van der Waals surface area contributed by atoms with Crippen LogP contribution in [0.15, 0.2) is 0 Å². The molecule has 0 bridgehead atoms. The second kappa shape index (κ2) is 2.57. The molecule has 10 heavy (non-hydrogen) atoms. The van der Waals surface area contributed by atoms with Crippen LogP contribution in [0.4, 0.5) is 0 Å². The summed E-state index contributed by atoms with van der Waals surface area (Å²) in [5.41, 5.74) is 0.433. The summed E-state index contributed by atoms with van der Waals surface area (Å²) in [7, 11) is 2.25. The van der Waals surface area contributed by atoms with Gasteiger partial charge in [0.25, 0.3) is 0 Å². The fourth-order valence-corrected chi connectivity index (χ4v) is 1.87. The molecule has 0 saturated heterocycles. The zero-order chi connectivity index (χ0) is 7.78. The largest absolute Gasteiger partial charge is 0.393 e. The predicted octanol–water partition coefficient (Wildman–Crippen LogP) is 1.71. The van der Waals surface area contributed by atoms with Crippen molar-refractivity contribution in [3.05, 3.63) is 0 Å². The van der Waals surface area contributed by atoms with E-state index in [4.69, 9.17) is 5.11 Å². The first-order valence-electron chi connectivity index (χ1n) is 4.06. The maximum Gasteiger partial charge on any atom is 0.110 e. The molecule has 0 spiro atoms. The van der Waals surface area contributed by atoms with E-state index >= 15 is 0 Å². The van der Waals surface area contributed by atoms with E-state index in [1.54, 1.807) is 0 Å². The highest BCUT2D eigenvalue weighted by Gasteiger charge is 2.48. The Morgan fingerprint density at radius 2 is 2.40 bits per heavy atom. The van der Waals surface area contributed by atoms with E-state index in [-0.39, 0.29) is 6.10 Å². The molecule has 1 radical (unpaired) electrons. The van der Waals surface area contributed by atoms with Gasteiger partial charge in [0, 0.05) is 0 Å². The summed E-state index contributed by atoms with van der Waals surface area (Å²) < 4.78 is 0. The smallest absolute Gasteiger partial charge is 0.110 e. The van der Waals surface area contributed by atoms with Crippen LogP contribution in [0.3, 0.4) is 0 Å². The van der Waals surface area contributed by atoms with E-state index in [1.807, 2.05) is 6.92 Å². The second-order valence-electron chi connectivity index (χ2n) is 3.85. The maximum atomic E-state index is 9.13. The Hall–Kier alpha value is 0.0249. The van der Waals surface area contributed by atoms with Crippen LogP contribution in [0, 0.1) is 5.41 Å². The van der Waals surface area contributed by atoms with Gasteiger partial charge in [-0.2, -0.15) is 0 Å². The van der Waals surface area contributed by atoms with Crippen molar-refractivity contribution in [2.24, 2.45) is 5.41 Å². The predicted molar refractivity (Wildman–Crippen MR) is 44.4 cm³/mol. The number of aliphatic hydroxyl groups excluding tert-OH is 1. The van der Waals surface area contributed by atoms with Gasteiger partial charge in [-0.25, -0.2) is 0 Å². The summed E-state index contributed by atoms with van der Waals surface area (Å²) in [6.45, 7) is 6.23. The molecule has 1 nitrogen and oxygen atoms in total. The summed E-state index contributed by atoms with van der Waals surface area (Å²) in [5.74, 6) is 0.766. The van der Waals surface area contributed by atoms with E-state index in [1.165, 1.54) is 6.42 Å². The molecular weight excluding hydrogens is 123 g/mol. The molecule has 1 rings (SSSR count). The Morgan fingerprint density at radius 3 is 2.70 bits per heavy atom. The standard InChI is InChI=1S/C8H16BO/c1-6(10)4-8(2)5-7(8)9-3/h6-7,10H,4-5H2,1-3H3. The first-order valence-corrected chi connectivity index (χ1v) is 4.06. The monoisotopic (exact) mass is 139 g/mol. The van der Waals surface area contributed by atoms with Crippen molar-refractivity contribution < 1.29 is 5.11 Å². The van der Waals surface area contributed by atoms with Crippen molar-refractivity contribution in [1.82, 2.24) is 0 Å². The highest BCUT2D eigenvalue weighted by atomic mass is 16.3. The van der Waals surface area contributed by atoms with Crippen LogP contribution in [0.2, 0.25) is 12.6 Å². The number of hydrogen-bond donors (Lipinski definition) is 1. The average Bonchev–Trinajstić information content (AvgIpc) is 2.39. The van der Waals surface area contributed by atoms with Crippen molar-refractivity contribution in [2.75, 3.05) is 0 Å². The van der Waals surface area contributed by atoms with E-state index in [0.717, 1.165) is 12.2 Å². The van der Waals surface area contributed by atoms with Crippen LogP contribution < -0.4 is 0 Å². The third kappa shape index (κ3) is 1.54. The minimum Gasteiger partial charge on any atom is -0.393 e. The van der Waals surface area contributed by atoms with Gasteiger partial charge >= 0.3 is 0 Å². The van der Waals surface area contributed by atoms with E-state index < -0.39 is 0 Å². The lowest BCUT2D eigenvalue weighted by Crippen LogP contribution is -2.09. The number of rotatable bonds is 3. The quantitative estimate of drug-likeness (QED) is 0.590. The zero-order valence-corrected chi connectivity index (χ0v) is 7.09. The molecule has 0 aromatic carbocycles. The normalized spacial score (nSPS) is 41.0. The first kappa shape index (κ1) is 8.12. The van der Waals surface area contributed by atoms with E-state index in [9.17, 15) is 0 Å². The van der Waals surface area contributed by atoms with Crippen LogP contribution in [-0.4, -0.2) is 18.5 Å². The molecule has 1 saturated carbocycles. The van der Waals surface area contributed by atoms with E-state index in [0.29, 0.717) is 5.41 Å². The van der Waals surface area contributed by atoms with Crippen molar-refractivity contribution in [1.29, 1.82) is 0 Å². The van der Waals surface area contributed by atoms with Crippen LogP contribution in [0.5, 0.6) is 0 Å². The Kier molecular flexibility index (Phi) is 2.09. The van der Waals surface area contributed by atoms with Crippen molar-refractivity contribution in [3.63, 3.8) is 0 Å². The molecule has 1 fully saturated rings. The minimum atomic E-state index is -0.130. The number of hydrogen-bond acceptors (Lipinski definition) is 1. The van der Waals surface area contributed by atoms with Crippen molar-refractivity contribution in [2.45, 2.75) is 45.4 Å². The minimum absolute atomic E-state index is 0.130. The average molecular weight is 139 g/mol. The molecule has 0 aliphatic heterocycles. The number of aliphatic hydroxyl groups is 1. The van der Waals surface area contributed by atoms with Crippen LogP contribution in [0.1, 0.15) is 26.7 Å². The van der Waals surface area contributed by atoms with Crippen LogP contribution in [-0.2, 0) is 0 Å². The molecule has 1 aliphatic carbocycles. The Balaban J connectivity index is 2.29. The fourth-order valence-electron chi connectivity index (χ4n) is 1.87. The van der Waals surface area contributed by atoms with Gasteiger partial charge in [-0.1, -0.05) is 26.0 Å². The Bertz CT molecular complexity index is 124. The summed E-state index contributed by atoms with van der Waals surface area (Å²) in [4.78, 5) is 0. The topological polar surface area (TPSA) is 20.2 Å². The first-order chi connectivity index (χ1) is 4.58. The lowest BCUT2D eigenvalue weighted by atomic mass is 9.71. The van der Waals surface area contributed by atoms with Gasteiger partial charge in [-0.05, 0) is 18.8 Å². The third-order valence-electron chi connectivity index (χ3n) is 2.59. The SMILES string of the molecule is C[B]C1CC1(C)CC(C)O. The molecule has 0 aromatic rings. The van der Waals surface area contributed by atoms with Crippen LogP contribution >= 0.6 is 0 Å². The lowest BCUT2D eigenvalue weighted by Gasteiger charge is -2.11. The van der Waals surface area contributed by atoms with Crippen LogP contribution in [0.25, 0.3) is 0 Å². The Morgan fingerprint density at radius 1 is 1.80 bits per heavy atom. The van der Waals surface area contributed by atoms with Gasteiger partial charge in [0.1, 0.15) is 7.28 Å². The van der Waals surface area contributed by atoms with Gasteiger partial charge in [0.05, 0.1) is 6.10 Å². The molecular formula is C8H16BO. The van der Waals surface area contributed by atoms with E-state index in [2.05, 4.69) is 21.0 Å².